The predicted molar refractivity (Wildman–Crippen MR) is 169 cm³/mol. The van der Waals surface area contributed by atoms with Crippen molar-refractivity contribution in [1.29, 1.82) is 0 Å². The highest BCUT2D eigenvalue weighted by Crippen LogP contribution is 2.28. The molecular weight excluding hydrogens is 541 g/mol. The standard InChI is InChI=1S/C35H40FN5O2/c1-24-9-15-29(16-10-24)41-32(23-31(39-41)35(2,3)4)38-34(43)37-30-8-6-5-7-27(30)21-26-17-19-40(20-18-26)33(42)22-25-11-13-28(36)14-12-25/h5-16,23,26H,17-22H2,1-4H3,(H2,37,38,43). The van der Waals surface area contributed by atoms with Crippen molar-refractivity contribution in [1.82, 2.24) is 14.7 Å². The molecule has 1 fully saturated rings. The number of piperidine rings is 1. The molecule has 0 bridgehead atoms. The van der Waals surface area contributed by atoms with Crippen LogP contribution in [-0.4, -0.2) is 39.7 Å². The fourth-order valence-electron chi connectivity index (χ4n) is 5.40. The number of nitrogens with one attached hydrogen (secondary N) is 2. The number of nitrogens with zero attached hydrogens (tertiary/aromatic N) is 3. The molecule has 224 valence electrons. The lowest BCUT2D eigenvalue weighted by Crippen LogP contribution is -2.39. The SMILES string of the molecule is Cc1ccc(-n2nc(C(C)(C)C)cc2NC(=O)Nc2ccccc2CC2CCN(C(=O)Cc3ccc(F)cc3)CC2)cc1. The van der Waals surface area contributed by atoms with Crippen LogP contribution >= 0.6 is 0 Å². The van der Waals surface area contributed by atoms with Gasteiger partial charge in [0.25, 0.3) is 0 Å². The van der Waals surface area contributed by atoms with E-state index < -0.39 is 0 Å². The number of aryl methyl sites for hydroxylation is 1. The molecule has 1 saturated heterocycles. The molecule has 1 aliphatic rings. The van der Waals surface area contributed by atoms with Gasteiger partial charge < -0.3 is 10.2 Å². The summed E-state index contributed by atoms with van der Waals surface area (Å²) in [6.07, 6.45) is 2.88. The van der Waals surface area contributed by atoms with E-state index >= 15 is 0 Å². The van der Waals surface area contributed by atoms with E-state index in [-0.39, 0.29) is 29.6 Å². The minimum absolute atomic E-state index is 0.0725. The average molecular weight is 582 g/mol. The highest BCUT2D eigenvalue weighted by molar-refractivity contribution is 6.00. The van der Waals surface area contributed by atoms with E-state index in [2.05, 4.69) is 37.5 Å². The van der Waals surface area contributed by atoms with Gasteiger partial charge in [-0.25, -0.2) is 13.9 Å². The molecule has 2 N–H and O–H groups in total. The molecule has 0 unspecified atom stereocenters. The van der Waals surface area contributed by atoms with E-state index in [1.165, 1.54) is 12.1 Å². The second kappa shape index (κ2) is 12.8. The third-order valence-electron chi connectivity index (χ3n) is 8.01. The minimum atomic E-state index is -0.331. The predicted octanol–water partition coefficient (Wildman–Crippen LogP) is 7.29. The number of carbonyl (C=O) groups is 2. The van der Waals surface area contributed by atoms with Crippen LogP contribution in [0.4, 0.5) is 20.7 Å². The van der Waals surface area contributed by atoms with Crippen molar-refractivity contribution in [2.45, 2.75) is 58.8 Å². The van der Waals surface area contributed by atoms with Crippen molar-refractivity contribution < 1.29 is 14.0 Å². The average Bonchev–Trinajstić information content (AvgIpc) is 3.40. The number of halogens is 1. The molecular formula is C35H40FN5O2. The third-order valence-corrected chi connectivity index (χ3v) is 8.01. The Labute approximate surface area is 253 Å². The van der Waals surface area contributed by atoms with Crippen molar-refractivity contribution in [3.05, 3.63) is 107 Å². The molecule has 7 nitrogen and oxygen atoms in total. The summed E-state index contributed by atoms with van der Waals surface area (Å²) in [5.74, 6) is 0.774. The maximum atomic E-state index is 13.3. The van der Waals surface area contributed by atoms with E-state index in [9.17, 15) is 14.0 Å². The van der Waals surface area contributed by atoms with Crippen LogP contribution in [0.2, 0.25) is 0 Å². The van der Waals surface area contributed by atoms with Crippen LogP contribution in [0.15, 0.2) is 78.9 Å². The smallest absolute Gasteiger partial charge is 0.324 e. The number of hydrogen-bond donors (Lipinski definition) is 2. The maximum absolute atomic E-state index is 13.3. The Balaban J connectivity index is 1.21. The third kappa shape index (κ3) is 7.69. The quantitative estimate of drug-likeness (QED) is 0.241. The fraction of sp³-hybridized carbons (Fsp3) is 0.343. The molecule has 8 heteroatoms. The number of carbonyl (C=O) groups excluding carboxylic acids is 2. The number of amides is 3. The van der Waals surface area contributed by atoms with Crippen LogP contribution < -0.4 is 10.6 Å². The molecule has 4 aromatic rings. The van der Waals surface area contributed by atoms with Gasteiger partial charge >= 0.3 is 6.03 Å². The van der Waals surface area contributed by atoms with Gasteiger partial charge in [-0.3, -0.25) is 10.1 Å². The highest BCUT2D eigenvalue weighted by atomic mass is 19.1. The van der Waals surface area contributed by atoms with Gasteiger partial charge in [-0.2, -0.15) is 5.10 Å². The molecule has 0 saturated carbocycles. The van der Waals surface area contributed by atoms with Gasteiger partial charge in [0.2, 0.25) is 5.91 Å². The van der Waals surface area contributed by atoms with Gasteiger partial charge in [0, 0.05) is 30.3 Å². The largest absolute Gasteiger partial charge is 0.342 e. The number of aromatic nitrogens is 2. The number of para-hydroxylation sites is 1. The van der Waals surface area contributed by atoms with Gasteiger partial charge in [-0.1, -0.05) is 68.8 Å². The zero-order valence-electron chi connectivity index (χ0n) is 25.4. The molecule has 43 heavy (non-hydrogen) atoms. The second-order valence-corrected chi connectivity index (χ2v) is 12.5. The molecule has 5 rings (SSSR count). The molecule has 0 radical (unpaired) electrons. The normalized spacial score (nSPS) is 14.0. The van der Waals surface area contributed by atoms with Gasteiger partial charge in [-0.05, 0) is 73.6 Å². The van der Waals surface area contributed by atoms with Gasteiger partial charge in [0.1, 0.15) is 11.6 Å². The monoisotopic (exact) mass is 581 g/mol. The van der Waals surface area contributed by atoms with Crippen LogP contribution in [0.25, 0.3) is 5.69 Å². The Morgan fingerprint density at radius 2 is 1.60 bits per heavy atom. The van der Waals surface area contributed by atoms with Crippen molar-refractivity contribution >= 4 is 23.4 Å². The molecule has 0 spiro atoms. The van der Waals surface area contributed by atoms with E-state index in [0.29, 0.717) is 24.8 Å². The lowest BCUT2D eigenvalue weighted by Gasteiger charge is -2.32. The van der Waals surface area contributed by atoms with Crippen molar-refractivity contribution in [3.8, 4) is 5.69 Å². The molecule has 2 heterocycles. The number of anilines is 2. The van der Waals surface area contributed by atoms with Crippen molar-refractivity contribution in [3.63, 3.8) is 0 Å². The first kappa shape index (κ1) is 30.0. The zero-order valence-corrected chi connectivity index (χ0v) is 25.4. The Hall–Kier alpha value is -4.46. The molecule has 0 aliphatic carbocycles. The molecule has 3 aromatic carbocycles. The Morgan fingerprint density at radius 3 is 2.28 bits per heavy atom. The minimum Gasteiger partial charge on any atom is -0.342 e. The lowest BCUT2D eigenvalue weighted by atomic mass is 9.89. The van der Waals surface area contributed by atoms with E-state index in [1.807, 2.05) is 60.4 Å². The van der Waals surface area contributed by atoms with E-state index in [4.69, 9.17) is 5.10 Å². The van der Waals surface area contributed by atoms with Crippen LogP contribution in [0, 0.1) is 18.7 Å². The maximum Gasteiger partial charge on any atom is 0.324 e. The second-order valence-electron chi connectivity index (χ2n) is 12.5. The van der Waals surface area contributed by atoms with Gasteiger partial charge in [0.05, 0.1) is 17.8 Å². The Morgan fingerprint density at radius 1 is 0.930 bits per heavy atom. The van der Waals surface area contributed by atoms with Crippen molar-refractivity contribution in [2.75, 3.05) is 23.7 Å². The zero-order chi connectivity index (χ0) is 30.6. The summed E-state index contributed by atoms with van der Waals surface area (Å²) < 4.78 is 15.0. The Bertz CT molecular complexity index is 1560. The summed E-state index contributed by atoms with van der Waals surface area (Å²) in [7, 11) is 0. The number of benzene rings is 3. The van der Waals surface area contributed by atoms with Gasteiger partial charge in [-0.15, -0.1) is 0 Å². The summed E-state index contributed by atoms with van der Waals surface area (Å²) in [5.41, 5.74) is 5.38. The first-order chi connectivity index (χ1) is 20.5. The van der Waals surface area contributed by atoms with Crippen LogP contribution in [-0.2, 0) is 23.1 Å². The molecule has 3 amide bonds. The molecule has 0 atom stereocenters. The Kier molecular flexibility index (Phi) is 8.94. The fourth-order valence-corrected chi connectivity index (χ4v) is 5.40. The lowest BCUT2D eigenvalue weighted by molar-refractivity contribution is -0.131. The molecule has 1 aliphatic heterocycles. The van der Waals surface area contributed by atoms with E-state index in [0.717, 1.165) is 53.0 Å². The number of rotatable bonds is 7. The number of hydrogen-bond acceptors (Lipinski definition) is 3. The highest BCUT2D eigenvalue weighted by Gasteiger charge is 2.25. The van der Waals surface area contributed by atoms with Crippen molar-refractivity contribution in [2.24, 2.45) is 5.92 Å². The van der Waals surface area contributed by atoms with Crippen LogP contribution in [0.1, 0.15) is 56.0 Å². The summed E-state index contributed by atoms with van der Waals surface area (Å²) >= 11 is 0. The van der Waals surface area contributed by atoms with Crippen LogP contribution in [0.3, 0.4) is 0 Å². The van der Waals surface area contributed by atoms with Crippen LogP contribution in [0.5, 0.6) is 0 Å². The first-order valence-electron chi connectivity index (χ1n) is 14.9. The summed E-state index contributed by atoms with van der Waals surface area (Å²) in [6.45, 7) is 9.72. The van der Waals surface area contributed by atoms with E-state index in [1.54, 1.807) is 16.8 Å². The van der Waals surface area contributed by atoms with Gasteiger partial charge in [0.15, 0.2) is 0 Å². The summed E-state index contributed by atoms with van der Waals surface area (Å²) in [4.78, 5) is 28.0. The number of urea groups is 1. The number of likely N-dealkylation sites (tertiary alicyclic amines) is 1. The first-order valence-corrected chi connectivity index (χ1v) is 14.9. The molecule has 1 aromatic heterocycles. The topological polar surface area (TPSA) is 79.3 Å². The summed E-state index contributed by atoms with van der Waals surface area (Å²) in [6, 6.07) is 23.6. The summed E-state index contributed by atoms with van der Waals surface area (Å²) in [5, 5.41) is 10.9.